The topological polar surface area (TPSA) is 49.3 Å². The van der Waals surface area contributed by atoms with E-state index in [-0.39, 0.29) is 5.91 Å². The van der Waals surface area contributed by atoms with E-state index < -0.39 is 0 Å². The van der Waals surface area contributed by atoms with Crippen molar-refractivity contribution < 1.29 is 4.79 Å². The Morgan fingerprint density at radius 1 is 1.00 bits per heavy atom. The molecule has 4 rings (SSSR count). The van der Waals surface area contributed by atoms with E-state index in [0.717, 1.165) is 35.2 Å². The summed E-state index contributed by atoms with van der Waals surface area (Å²) in [5.74, 6) is 1.70. The molecule has 136 valence electrons. The molecule has 27 heavy (non-hydrogen) atoms. The number of piperazine rings is 1. The lowest BCUT2D eigenvalue weighted by molar-refractivity contribution is -0.126. The van der Waals surface area contributed by atoms with E-state index in [1.807, 2.05) is 64.9 Å². The summed E-state index contributed by atoms with van der Waals surface area (Å²) in [6, 6.07) is 15.9. The lowest BCUT2D eigenvalue weighted by atomic mass is 10.2. The number of amides is 1. The predicted octanol–water partition coefficient (Wildman–Crippen LogP) is 3.57. The van der Waals surface area contributed by atoms with Crippen LogP contribution in [-0.2, 0) is 4.79 Å². The van der Waals surface area contributed by atoms with Gasteiger partial charge in [0.1, 0.15) is 5.82 Å². The Kier molecular flexibility index (Phi) is 5.25. The molecule has 0 spiro atoms. The molecule has 1 aromatic carbocycles. The van der Waals surface area contributed by atoms with Crippen molar-refractivity contribution in [1.82, 2.24) is 14.9 Å². The molecule has 1 amide bonds. The highest BCUT2D eigenvalue weighted by atomic mass is 32.1. The van der Waals surface area contributed by atoms with Crippen LogP contribution in [0.4, 0.5) is 5.82 Å². The molecule has 0 radical (unpaired) electrons. The maximum absolute atomic E-state index is 12.4. The van der Waals surface area contributed by atoms with Crippen LogP contribution >= 0.6 is 11.3 Å². The Bertz CT molecular complexity index is 916. The van der Waals surface area contributed by atoms with Crippen LogP contribution in [-0.4, -0.2) is 47.0 Å². The fourth-order valence-corrected chi connectivity index (χ4v) is 3.67. The van der Waals surface area contributed by atoms with Crippen molar-refractivity contribution in [1.29, 1.82) is 0 Å². The van der Waals surface area contributed by atoms with Crippen molar-refractivity contribution in [2.24, 2.45) is 0 Å². The first kappa shape index (κ1) is 17.4. The van der Waals surface area contributed by atoms with E-state index in [1.165, 1.54) is 0 Å². The van der Waals surface area contributed by atoms with Gasteiger partial charge in [-0.3, -0.25) is 4.79 Å². The molecule has 1 aliphatic rings. The summed E-state index contributed by atoms with van der Waals surface area (Å²) < 4.78 is 0. The molecule has 1 aliphatic heterocycles. The van der Waals surface area contributed by atoms with Gasteiger partial charge in [-0.1, -0.05) is 36.4 Å². The fraction of sp³-hybridized carbons (Fsp3) is 0.190. The third-order valence-electron chi connectivity index (χ3n) is 4.52. The van der Waals surface area contributed by atoms with Gasteiger partial charge in [0, 0.05) is 48.9 Å². The van der Waals surface area contributed by atoms with E-state index in [0.29, 0.717) is 13.1 Å². The maximum Gasteiger partial charge on any atom is 0.246 e. The molecule has 3 heterocycles. The van der Waals surface area contributed by atoms with Crippen LogP contribution in [0.5, 0.6) is 0 Å². The lowest BCUT2D eigenvalue weighted by Crippen LogP contribution is -2.48. The van der Waals surface area contributed by atoms with E-state index in [1.54, 1.807) is 23.6 Å². The number of rotatable bonds is 4. The van der Waals surface area contributed by atoms with Gasteiger partial charge in [-0.15, -0.1) is 11.3 Å². The Balaban J connectivity index is 1.39. The number of nitrogens with zero attached hydrogens (tertiary/aromatic N) is 4. The van der Waals surface area contributed by atoms with E-state index in [2.05, 4.69) is 9.88 Å². The largest absolute Gasteiger partial charge is 0.353 e. The van der Waals surface area contributed by atoms with E-state index in [9.17, 15) is 4.79 Å². The van der Waals surface area contributed by atoms with Gasteiger partial charge in [0.25, 0.3) is 0 Å². The van der Waals surface area contributed by atoms with Gasteiger partial charge in [-0.05, 0) is 23.6 Å². The number of anilines is 1. The molecule has 2 aromatic heterocycles. The standard InChI is InChI=1S/C21H20N4OS/c26-20(9-8-18-7-4-16-27-18)25-14-12-24(13-15-25)19-10-11-22-21(23-19)17-5-2-1-3-6-17/h1-11,16H,12-15H2/b9-8+. The Hall–Kier alpha value is -2.99. The van der Waals surface area contributed by atoms with Crippen molar-refractivity contribution in [3.8, 4) is 11.4 Å². The fourth-order valence-electron chi connectivity index (χ4n) is 3.05. The highest BCUT2D eigenvalue weighted by molar-refractivity contribution is 7.10. The number of benzene rings is 1. The zero-order valence-electron chi connectivity index (χ0n) is 14.9. The SMILES string of the molecule is O=C(/C=C/c1cccs1)N1CCN(c2ccnc(-c3ccccc3)n2)CC1. The third-order valence-corrected chi connectivity index (χ3v) is 5.36. The van der Waals surface area contributed by atoms with Crippen LogP contribution in [0.25, 0.3) is 17.5 Å². The normalized spacial score (nSPS) is 14.7. The molecule has 0 unspecified atom stereocenters. The second-order valence-corrected chi connectivity index (χ2v) is 7.24. The summed E-state index contributed by atoms with van der Waals surface area (Å²) in [5, 5.41) is 2.01. The van der Waals surface area contributed by atoms with Crippen molar-refractivity contribution in [2.45, 2.75) is 0 Å². The smallest absolute Gasteiger partial charge is 0.246 e. The first-order chi connectivity index (χ1) is 13.3. The highest BCUT2D eigenvalue weighted by Crippen LogP contribution is 2.19. The van der Waals surface area contributed by atoms with Gasteiger partial charge in [0.2, 0.25) is 5.91 Å². The minimum absolute atomic E-state index is 0.0655. The van der Waals surface area contributed by atoms with Gasteiger partial charge >= 0.3 is 0 Å². The van der Waals surface area contributed by atoms with Crippen molar-refractivity contribution >= 4 is 29.1 Å². The first-order valence-corrected chi connectivity index (χ1v) is 9.81. The number of hydrogen-bond acceptors (Lipinski definition) is 5. The highest BCUT2D eigenvalue weighted by Gasteiger charge is 2.21. The van der Waals surface area contributed by atoms with Gasteiger partial charge in [0.15, 0.2) is 5.82 Å². The predicted molar refractivity (Wildman–Crippen MR) is 110 cm³/mol. The summed E-state index contributed by atoms with van der Waals surface area (Å²) in [5.41, 5.74) is 1.01. The Labute approximate surface area is 162 Å². The van der Waals surface area contributed by atoms with Crippen LogP contribution in [0.2, 0.25) is 0 Å². The molecular weight excluding hydrogens is 356 g/mol. The average molecular weight is 376 g/mol. The van der Waals surface area contributed by atoms with Crippen molar-refractivity contribution in [3.63, 3.8) is 0 Å². The van der Waals surface area contributed by atoms with Crippen LogP contribution in [0.3, 0.4) is 0 Å². The molecule has 0 saturated carbocycles. The Morgan fingerprint density at radius 3 is 2.56 bits per heavy atom. The van der Waals surface area contributed by atoms with Crippen LogP contribution in [0.1, 0.15) is 4.88 Å². The number of hydrogen-bond donors (Lipinski definition) is 0. The van der Waals surface area contributed by atoms with Gasteiger partial charge in [-0.2, -0.15) is 0 Å². The number of carbonyl (C=O) groups is 1. The summed E-state index contributed by atoms with van der Waals surface area (Å²) in [7, 11) is 0. The van der Waals surface area contributed by atoms with E-state index >= 15 is 0 Å². The summed E-state index contributed by atoms with van der Waals surface area (Å²) >= 11 is 1.63. The lowest BCUT2D eigenvalue weighted by Gasteiger charge is -2.35. The molecule has 0 aliphatic carbocycles. The minimum Gasteiger partial charge on any atom is -0.353 e. The number of aromatic nitrogens is 2. The molecule has 0 bridgehead atoms. The zero-order valence-corrected chi connectivity index (χ0v) is 15.7. The van der Waals surface area contributed by atoms with Crippen LogP contribution in [0.15, 0.2) is 66.2 Å². The van der Waals surface area contributed by atoms with Gasteiger partial charge < -0.3 is 9.80 Å². The monoisotopic (exact) mass is 376 g/mol. The first-order valence-electron chi connectivity index (χ1n) is 8.93. The number of thiophene rings is 1. The minimum atomic E-state index is 0.0655. The van der Waals surface area contributed by atoms with Crippen molar-refractivity contribution in [2.75, 3.05) is 31.1 Å². The van der Waals surface area contributed by atoms with Gasteiger partial charge in [0.05, 0.1) is 0 Å². The maximum atomic E-state index is 12.4. The molecule has 5 nitrogen and oxygen atoms in total. The van der Waals surface area contributed by atoms with Crippen LogP contribution < -0.4 is 4.90 Å². The summed E-state index contributed by atoms with van der Waals surface area (Å²) in [6.45, 7) is 2.92. The van der Waals surface area contributed by atoms with Crippen molar-refractivity contribution in [3.05, 3.63) is 71.1 Å². The molecule has 6 heteroatoms. The molecule has 1 saturated heterocycles. The van der Waals surface area contributed by atoms with E-state index in [4.69, 9.17) is 4.98 Å². The molecule has 1 fully saturated rings. The zero-order chi connectivity index (χ0) is 18.5. The second-order valence-electron chi connectivity index (χ2n) is 6.27. The molecule has 0 atom stereocenters. The van der Waals surface area contributed by atoms with Crippen LogP contribution in [0, 0.1) is 0 Å². The quantitative estimate of drug-likeness (QED) is 0.653. The molecule has 0 N–H and O–H groups in total. The summed E-state index contributed by atoms with van der Waals surface area (Å²) in [6.07, 6.45) is 5.35. The summed E-state index contributed by atoms with van der Waals surface area (Å²) in [4.78, 5) is 26.7. The molecular formula is C21H20N4OS. The number of carbonyl (C=O) groups excluding carboxylic acids is 1. The average Bonchev–Trinajstić information content (AvgIpc) is 3.27. The molecule has 3 aromatic rings. The third kappa shape index (κ3) is 4.23. The Morgan fingerprint density at radius 2 is 1.81 bits per heavy atom. The second kappa shape index (κ2) is 8.14. The van der Waals surface area contributed by atoms with Gasteiger partial charge in [-0.25, -0.2) is 9.97 Å².